The number of aromatic nitrogens is 1. The summed E-state index contributed by atoms with van der Waals surface area (Å²) in [6.45, 7) is 0.143. The molecule has 1 aromatic rings. The number of pyridine rings is 1. The van der Waals surface area contributed by atoms with Gasteiger partial charge in [-0.05, 0) is 6.07 Å². The van der Waals surface area contributed by atoms with Gasteiger partial charge in [0, 0.05) is 12.7 Å². The third kappa shape index (κ3) is 2.59. The highest BCUT2D eigenvalue weighted by Gasteiger charge is 2.32. The van der Waals surface area contributed by atoms with Crippen molar-refractivity contribution >= 4 is 11.6 Å². The maximum absolute atomic E-state index is 12.1. The first-order valence-electron chi connectivity index (χ1n) is 3.66. The number of hydrogen-bond donors (Lipinski definition) is 0. The first-order chi connectivity index (χ1) is 6.45. The summed E-state index contributed by atoms with van der Waals surface area (Å²) in [4.78, 5) is 3.22. The van der Waals surface area contributed by atoms with Crippen LogP contribution < -0.4 is 0 Å². The molecule has 2 nitrogen and oxygen atoms in total. The van der Waals surface area contributed by atoms with Gasteiger partial charge < -0.3 is 4.74 Å². The minimum atomic E-state index is -4.46. The van der Waals surface area contributed by atoms with Crippen molar-refractivity contribution in [3.8, 4) is 0 Å². The second kappa shape index (κ2) is 4.14. The molecule has 0 bridgehead atoms. The van der Waals surface area contributed by atoms with Gasteiger partial charge in [-0.25, -0.2) is 4.98 Å². The van der Waals surface area contributed by atoms with E-state index in [-0.39, 0.29) is 11.8 Å². The van der Waals surface area contributed by atoms with Gasteiger partial charge in [-0.3, -0.25) is 0 Å². The molecule has 0 unspecified atom stereocenters. The van der Waals surface area contributed by atoms with Crippen molar-refractivity contribution < 1.29 is 17.9 Å². The van der Waals surface area contributed by atoms with Crippen molar-refractivity contribution in [1.82, 2.24) is 4.98 Å². The average molecular weight is 226 g/mol. The lowest BCUT2D eigenvalue weighted by atomic mass is 10.2. The molecule has 0 saturated carbocycles. The van der Waals surface area contributed by atoms with Crippen LogP contribution >= 0.6 is 11.6 Å². The van der Waals surface area contributed by atoms with E-state index in [1.54, 1.807) is 0 Å². The van der Waals surface area contributed by atoms with Gasteiger partial charge in [0.2, 0.25) is 0 Å². The summed E-state index contributed by atoms with van der Waals surface area (Å²) < 4.78 is 41.1. The molecule has 0 amide bonds. The summed E-state index contributed by atoms with van der Waals surface area (Å²) in [5.74, 6) is 0. The average Bonchev–Trinajstić information content (AvgIpc) is 2.07. The molecule has 1 aromatic heterocycles. The van der Waals surface area contributed by atoms with Gasteiger partial charge in [0.1, 0.15) is 10.8 Å². The molecule has 0 aliphatic rings. The molecular weight excluding hydrogens is 219 g/mol. The van der Waals surface area contributed by atoms with Crippen molar-refractivity contribution in [2.75, 3.05) is 7.11 Å². The van der Waals surface area contributed by atoms with Crippen LogP contribution in [-0.4, -0.2) is 12.1 Å². The minimum Gasteiger partial charge on any atom is -0.380 e. The van der Waals surface area contributed by atoms with Gasteiger partial charge in [-0.15, -0.1) is 0 Å². The third-order valence-corrected chi connectivity index (χ3v) is 1.84. The molecular formula is C8H7ClF3NO. The van der Waals surface area contributed by atoms with E-state index in [0.29, 0.717) is 5.56 Å². The fourth-order valence-electron chi connectivity index (χ4n) is 0.884. The van der Waals surface area contributed by atoms with Gasteiger partial charge in [0.25, 0.3) is 0 Å². The summed E-state index contributed by atoms with van der Waals surface area (Å²) in [5, 5.41) is -0.179. The third-order valence-electron chi connectivity index (χ3n) is 1.52. The van der Waals surface area contributed by atoms with Crippen LogP contribution in [0.5, 0.6) is 0 Å². The molecule has 0 aliphatic carbocycles. The first kappa shape index (κ1) is 11.3. The predicted molar refractivity (Wildman–Crippen MR) is 45.0 cm³/mol. The Morgan fingerprint density at radius 3 is 2.50 bits per heavy atom. The van der Waals surface area contributed by atoms with Crippen molar-refractivity contribution in [1.29, 1.82) is 0 Å². The maximum atomic E-state index is 12.1. The van der Waals surface area contributed by atoms with E-state index in [9.17, 15) is 13.2 Å². The molecule has 0 atom stereocenters. The van der Waals surface area contributed by atoms with Crippen LogP contribution in [0.2, 0.25) is 5.15 Å². The van der Waals surface area contributed by atoms with Crippen molar-refractivity contribution in [2.24, 2.45) is 0 Å². The Bertz CT molecular complexity index is 327. The molecule has 0 aromatic carbocycles. The molecule has 0 fully saturated rings. The Kier molecular flexibility index (Phi) is 3.34. The standard InChI is InChI=1S/C8H7ClF3NO/c1-14-4-5-2-3-6(8(10,11)12)13-7(5)9/h2-3H,4H2,1H3. The lowest BCUT2D eigenvalue weighted by Gasteiger charge is -2.07. The van der Waals surface area contributed by atoms with Crippen LogP contribution in [0.4, 0.5) is 13.2 Å². The first-order valence-corrected chi connectivity index (χ1v) is 4.04. The van der Waals surface area contributed by atoms with Crippen molar-refractivity contribution in [2.45, 2.75) is 12.8 Å². The summed E-state index contributed by atoms with van der Waals surface area (Å²) in [6.07, 6.45) is -4.46. The van der Waals surface area contributed by atoms with E-state index in [4.69, 9.17) is 16.3 Å². The van der Waals surface area contributed by atoms with E-state index >= 15 is 0 Å². The number of methoxy groups -OCH3 is 1. The van der Waals surface area contributed by atoms with Gasteiger partial charge in [-0.1, -0.05) is 17.7 Å². The van der Waals surface area contributed by atoms with Gasteiger partial charge >= 0.3 is 6.18 Å². The molecule has 0 N–H and O–H groups in total. The minimum absolute atomic E-state index is 0.143. The smallest absolute Gasteiger partial charge is 0.380 e. The zero-order valence-electron chi connectivity index (χ0n) is 7.23. The van der Waals surface area contributed by atoms with Crippen LogP contribution in [0.1, 0.15) is 11.3 Å². The van der Waals surface area contributed by atoms with Crippen molar-refractivity contribution in [3.05, 3.63) is 28.5 Å². The van der Waals surface area contributed by atoms with Crippen LogP contribution in [-0.2, 0) is 17.5 Å². The van der Waals surface area contributed by atoms with Crippen LogP contribution in [0.25, 0.3) is 0 Å². The molecule has 0 aliphatic heterocycles. The zero-order chi connectivity index (χ0) is 10.8. The summed E-state index contributed by atoms with van der Waals surface area (Å²) in [5.41, 5.74) is -0.565. The van der Waals surface area contributed by atoms with Crippen LogP contribution in [0.15, 0.2) is 12.1 Å². The number of ether oxygens (including phenoxy) is 1. The molecule has 0 spiro atoms. The number of nitrogens with zero attached hydrogens (tertiary/aromatic N) is 1. The highest BCUT2D eigenvalue weighted by molar-refractivity contribution is 6.30. The number of alkyl halides is 3. The molecule has 14 heavy (non-hydrogen) atoms. The van der Waals surface area contributed by atoms with Crippen LogP contribution in [0, 0.1) is 0 Å². The molecule has 0 saturated heterocycles. The molecule has 78 valence electrons. The molecule has 0 radical (unpaired) electrons. The van der Waals surface area contributed by atoms with Crippen LogP contribution in [0.3, 0.4) is 0 Å². The Morgan fingerprint density at radius 1 is 1.43 bits per heavy atom. The second-order valence-corrected chi connectivity index (χ2v) is 2.94. The lowest BCUT2D eigenvalue weighted by molar-refractivity contribution is -0.141. The highest BCUT2D eigenvalue weighted by Crippen LogP contribution is 2.29. The van der Waals surface area contributed by atoms with Gasteiger partial charge in [0.05, 0.1) is 6.61 Å². The van der Waals surface area contributed by atoms with E-state index in [0.717, 1.165) is 6.07 Å². The van der Waals surface area contributed by atoms with E-state index in [1.807, 2.05) is 0 Å². The molecule has 1 rings (SSSR count). The fourth-order valence-corrected chi connectivity index (χ4v) is 1.09. The maximum Gasteiger partial charge on any atom is 0.433 e. The monoisotopic (exact) mass is 225 g/mol. The number of hydrogen-bond acceptors (Lipinski definition) is 2. The SMILES string of the molecule is COCc1ccc(C(F)(F)F)nc1Cl. The fraction of sp³-hybridized carbons (Fsp3) is 0.375. The van der Waals surface area contributed by atoms with E-state index in [1.165, 1.54) is 13.2 Å². The molecule has 1 heterocycles. The van der Waals surface area contributed by atoms with Gasteiger partial charge in [-0.2, -0.15) is 13.2 Å². The Hall–Kier alpha value is -0.810. The lowest BCUT2D eigenvalue weighted by Crippen LogP contribution is -2.08. The van der Waals surface area contributed by atoms with E-state index in [2.05, 4.69) is 4.98 Å². The Labute approximate surface area is 83.7 Å². The van der Waals surface area contributed by atoms with E-state index < -0.39 is 11.9 Å². The van der Waals surface area contributed by atoms with Crippen molar-refractivity contribution in [3.63, 3.8) is 0 Å². The quantitative estimate of drug-likeness (QED) is 0.722. The topological polar surface area (TPSA) is 22.1 Å². The van der Waals surface area contributed by atoms with Gasteiger partial charge in [0.15, 0.2) is 0 Å². The number of halogens is 4. The predicted octanol–water partition coefficient (Wildman–Crippen LogP) is 2.90. The normalized spacial score (nSPS) is 11.8. The molecule has 6 heteroatoms. The summed E-state index contributed by atoms with van der Waals surface area (Å²) in [6, 6.07) is 2.13. The second-order valence-electron chi connectivity index (χ2n) is 2.58. The summed E-state index contributed by atoms with van der Waals surface area (Å²) >= 11 is 5.52. The Balaban J connectivity index is 3.01. The number of rotatable bonds is 2. The summed E-state index contributed by atoms with van der Waals surface area (Å²) in [7, 11) is 1.42. The largest absolute Gasteiger partial charge is 0.433 e. The zero-order valence-corrected chi connectivity index (χ0v) is 7.99. The Morgan fingerprint density at radius 2 is 2.07 bits per heavy atom. The highest BCUT2D eigenvalue weighted by atomic mass is 35.5.